The van der Waals surface area contributed by atoms with E-state index in [9.17, 15) is 4.79 Å². The van der Waals surface area contributed by atoms with Crippen molar-refractivity contribution in [2.45, 2.75) is 39.5 Å². The quantitative estimate of drug-likeness (QED) is 0.453. The largest absolute Gasteiger partial charge is 0.466 e. The molecule has 24 heavy (non-hydrogen) atoms. The summed E-state index contributed by atoms with van der Waals surface area (Å²) in [6, 6.07) is 0. The minimum absolute atomic E-state index is 0.0423. The minimum atomic E-state index is -0.0423. The Morgan fingerprint density at radius 3 is 2.50 bits per heavy atom. The number of hydrogen-bond donors (Lipinski definition) is 1. The Labute approximate surface area is 146 Å². The molecule has 1 N–H and O–H groups in total. The fraction of sp³-hybridized carbons (Fsp3) is 0.889. The average Bonchev–Trinajstić information content (AvgIpc) is 3.09. The van der Waals surface area contributed by atoms with Crippen LogP contribution in [-0.4, -0.2) is 74.7 Å². The van der Waals surface area contributed by atoms with E-state index >= 15 is 0 Å². The van der Waals surface area contributed by atoms with E-state index in [0.717, 1.165) is 45.0 Å². The van der Waals surface area contributed by atoms with Crippen molar-refractivity contribution >= 4 is 11.9 Å². The van der Waals surface area contributed by atoms with Gasteiger partial charge in [0.2, 0.25) is 0 Å². The van der Waals surface area contributed by atoms with Gasteiger partial charge in [-0.3, -0.25) is 9.79 Å². The molecule has 1 unspecified atom stereocenters. The molecule has 0 saturated carbocycles. The normalized spacial score (nSPS) is 21.8. The van der Waals surface area contributed by atoms with Crippen LogP contribution in [0.5, 0.6) is 0 Å². The highest BCUT2D eigenvalue weighted by Gasteiger charge is 2.27. The SMILES string of the molecule is CCOC(=O)C1CCN(C(=NC)NCC(C)CN2CCCC2)CC1. The molecule has 2 heterocycles. The van der Waals surface area contributed by atoms with Crippen LogP contribution in [0.15, 0.2) is 4.99 Å². The molecule has 2 rings (SSSR count). The van der Waals surface area contributed by atoms with Gasteiger partial charge in [-0.2, -0.15) is 0 Å². The van der Waals surface area contributed by atoms with Crippen LogP contribution in [0.25, 0.3) is 0 Å². The number of piperidine rings is 1. The first-order valence-electron chi connectivity index (χ1n) is 9.48. The molecule has 6 heteroatoms. The topological polar surface area (TPSA) is 57.2 Å². The van der Waals surface area contributed by atoms with E-state index in [0.29, 0.717) is 12.5 Å². The van der Waals surface area contributed by atoms with Crippen LogP contribution in [0.2, 0.25) is 0 Å². The van der Waals surface area contributed by atoms with E-state index in [-0.39, 0.29) is 11.9 Å². The third-order valence-corrected chi connectivity index (χ3v) is 5.00. The zero-order chi connectivity index (χ0) is 17.4. The second-order valence-electron chi connectivity index (χ2n) is 7.05. The molecule has 138 valence electrons. The first-order chi connectivity index (χ1) is 11.6. The molecule has 6 nitrogen and oxygen atoms in total. The predicted molar refractivity (Wildman–Crippen MR) is 97.1 cm³/mol. The predicted octanol–water partition coefficient (Wildman–Crippen LogP) is 1.57. The molecule has 0 aromatic rings. The number of carbonyl (C=O) groups excluding carboxylic acids is 1. The number of guanidine groups is 1. The summed E-state index contributed by atoms with van der Waals surface area (Å²) in [5.41, 5.74) is 0. The van der Waals surface area contributed by atoms with E-state index in [1.807, 2.05) is 14.0 Å². The van der Waals surface area contributed by atoms with Crippen molar-refractivity contribution in [2.75, 3.05) is 52.9 Å². The lowest BCUT2D eigenvalue weighted by Crippen LogP contribution is -2.48. The van der Waals surface area contributed by atoms with Gasteiger partial charge in [0.25, 0.3) is 0 Å². The Morgan fingerprint density at radius 2 is 1.92 bits per heavy atom. The van der Waals surface area contributed by atoms with E-state index in [1.54, 1.807) is 0 Å². The van der Waals surface area contributed by atoms with Crippen LogP contribution < -0.4 is 5.32 Å². The Morgan fingerprint density at radius 1 is 1.25 bits per heavy atom. The number of aliphatic imine (C=N–C) groups is 1. The molecule has 0 aliphatic carbocycles. The molecule has 2 aliphatic heterocycles. The molecular weight excluding hydrogens is 304 g/mol. The highest BCUT2D eigenvalue weighted by molar-refractivity contribution is 5.80. The van der Waals surface area contributed by atoms with Gasteiger partial charge in [-0.15, -0.1) is 0 Å². The van der Waals surface area contributed by atoms with Crippen molar-refractivity contribution in [1.82, 2.24) is 15.1 Å². The van der Waals surface area contributed by atoms with Crippen molar-refractivity contribution in [3.8, 4) is 0 Å². The lowest BCUT2D eigenvalue weighted by atomic mass is 9.97. The minimum Gasteiger partial charge on any atom is -0.466 e. The van der Waals surface area contributed by atoms with Crippen LogP contribution >= 0.6 is 0 Å². The number of hydrogen-bond acceptors (Lipinski definition) is 4. The summed E-state index contributed by atoms with van der Waals surface area (Å²) in [7, 11) is 1.84. The van der Waals surface area contributed by atoms with Crippen LogP contribution in [-0.2, 0) is 9.53 Å². The highest BCUT2D eigenvalue weighted by Crippen LogP contribution is 2.18. The molecule has 0 radical (unpaired) electrons. The van der Waals surface area contributed by atoms with Gasteiger partial charge in [-0.05, 0) is 51.6 Å². The summed E-state index contributed by atoms with van der Waals surface area (Å²) in [4.78, 5) is 21.1. The van der Waals surface area contributed by atoms with Gasteiger partial charge in [0.1, 0.15) is 0 Å². The molecule has 0 bridgehead atoms. The smallest absolute Gasteiger partial charge is 0.309 e. The van der Waals surface area contributed by atoms with E-state index < -0.39 is 0 Å². The van der Waals surface area contributed by atoms with Gasteiger partial charge in [0.05, 0.1) is 12.5 Å². The van der Waals surface area contributed by atoms with Crippen LogP contribution in [0, 0.1) is 11.8 Å². The lowest BCUT2D eigenvalue weighted by molar-refractivity contribution is -0.149. The molecule has 0 aromatic carbocycles. The van der Waals surface area contributed by atoms with Crippen molar-refractivity contribution in [2.24, 2.45) is 16.8 Å². The second-order valence-corrected chi connectivity index (χ2v) is 7.05. The fourth-order valence-corrected chi connectivity index (χ4v) is 3.66. The lowest BCUT2D eigenvalue weighted by Gasteiger charge is -2.33. The van der Waals surface area contributed by atoms with Crippen molar-refractivity contribution in [1.29, 1.82) is 0 Å². The van der Waals surface area contributed by atoms with Gasteiger partial charge < -0.3 is 19.9 Å². The van der Waals surface area contributed by atoms with E-state index in [4.69, 9.17) is 4.74 Å². The van der Waals surface area contributed by atoms with Crippen molar-refractivity contribution in [3.05, 3.63) is 0 Å². The number of nitrogens with zero attached hydrogens (tertiary/aromatic N) is 3. The Bertz CT molecular complexity index is 413. The second kappa shape index (κ2) is 9.87. The average molecular weight is 338 g/mol. The summed E-state index contributed by atoms with van der Waals surface area (Å²) in [6.07, 6.45) is 4.39. The molecule has 0 amide bonds. The first kappa shape index (κ1) is 19.0. The number of rotatable bonds is 6. The molecule has 0 aromatic heterocycles. The van der Waals surface area contributed by atoms with Crippen LogP contribution in [0.1, 0.15) is 39.5 Å². The number of carbonyl (C=O) groups is 1. The van der Waals surface area contributed by atoms with Crippen molar-refractivity contribution < 1.29 is 9.53 Å². The van der Waals surface area contributed by atoms with Gasteiger partial charge in [0.15, 0.2) is 5.96 Å². The third-order valence-electron chi connectivity index (χ3n) is 5.00. The van der Waals surface area contributed by atoms with E-state index in [1.165, 1.54) is 25.9 Å². The summed E-state index contributed by atoms with van der Waals surface area (Å²) in [6.45, 7) is 11.0. The Balaban J connectivity index is 1.71. The van der Waals surface area contributed by atoms with Crippen molar-refractivity contribution in [3.63, 3.8) is 0 Å². The molecule has 0 spiro atoms. The van der Waals surface area contributed by atoms with E-state index in [2.05, 4.69) is 27.0 Å². The summed E-state index contributed by atoms with van der Waals surface area (Å²) in [5, 5.41) is 3.52. The third kappa shape index (κ3) is 5.65. The zero-order valence-electron chi connectivity index (χ0n) is 15.6. The van der Waals surface area contributed by atoms with Crippen LogP contribution in [0.3, 0.4) is 0 Å². The zero-order valence-corrected chi connectivity index (χ0v) is 15.6. The summed E-state index contributed by atoms with van der Waals surface area (Å²) in [5.74, 6) is 1.58. The number of nitrogens with one attached hydrogen (secondary N) is 1. The molecule has 2 saturated heterocycles. The van der Waals surface area contributed by atoms with Gasteiger partial charge in [-0.1, -0.05) is 6.92 Å². The summed E-state index contributed by atoms with van der Waals surface area (Å²) < 4.78 is 5.14. The molecule has 1 atom stereocenters. The van der Waals surface area contributed by atoms with Crippen LogP contribution in [0.4, 0.5) is 0 Å². The number of likely N-dealkylation sites (tertiary alicyclic amines) is 2. The summed E-state index contributed by atoms with van der Waals surface area (Å²) >= 11 is 0. The maximum absolute atomic E-state index is 11.8. The standard InChI is InChI=1S/C18H34N4O2/c1-4-24-17(23)16-7-11-22(12-8-16)18(19-3)20-13-15(2)14-21-9-5-6-10-21/h15-16H,4-14H2,1-3H3,(H,19,20). The molecule has 2 aliphatic rings. The number of ether oxygens (including phenoxy) is 1. The maximum atomic E-state index is 11.8. The molecule has 2 fully saturated rings. The van der Waals surface area contributed by atoms with Gasteiger partial charge in [0, 0.05) is 33.2 Å². The van der Waals surface area contributed by atoms with Gasteiger partial charge >= 0.3 is 5.97 Å². The molecular formula is C18H34N4O2. The Kier molecular flexibility index (Phi) is 7.82. The van der Waals surface area contributed by atoms with Gasteiger partial charge in [-0.25, -0.2) is 0 Å². The Hall–Kier alpha value is -1.30. The first-order valence-corrected chi connectivity index (χ1v) is 9.48. The number of esters is 1. The highest BCUT2D eigenvalue weighted by atomic mass is 16.5. The monoisotopic (exact) mass is 338 g/mol. The fourth-order valence-electron chi connectivity index (χ4n) is 3.66. The maximum Gasteiger partial charge on any atom is 0.309 e.